The Morgan fingerprint density at radius 2 is 1.88 bits per heavy atom. The molecule has 0 amide bonds. The van der Waals surface area contributed by atoms with Crippen LogP contribution in [0.1, 0.15) is 18.4 Å². The standard InChI is InChI=1S/C19H30ClN3O/c1-21-9-7-18(8-10-21)22(2)14-19-15-23(11-12-24-19)13-16-3-5-17(20)6-4-16/h3-6,18-19H,7-15H2,1-2H3. The molecule has 2 saturated heterocycles. The van der Waals surface area contributed by atoms with E-state index in [-0.39, 0.29) is 0 Å². The summed E-state index contributed by atoms with van der Waals surface area (Å²) in [6.45, 7) is 7.29. The third kappa shape index (κ3) is 5.17. The maximum Gasteiger partial charge on any atom is 0.0829 e. The Labute approximate surface area is 151 Å². The first-order chi connectivity index (χ1) is 11.6. The van der Waals surface area contributed by atoms with Crippen LogP contribution in [0.25, 0.3) is 0 Å². The van der Waals surface area contributed by atoms with Gasteiger partial charge in [0.15, 0.2) is 0 Å². The number of halogens is 1. The zero-order valence-electron chi connectivity index (χ0n) is 15.0. The molecule has 24 heavy (non-hydrogen) atoms. The fraction of sp³-hybridized carbons (Fsp3) is 0.684. The molecule has 0 saturated carbocycles. The lowest BCUT2D eigenvalue weighted by Crippen LogP contribution is -2.50. The van der Waals surface area contributed by atoms with Crippen LogP contribution in [0.4, 0.5) is 0 Å². The molecule has 0 N–H and O–H groups in total. The highest BCUT2D eigenvalue weighted by Gasteiger charge is 2.26. The molecule has 1 unspecified atom stereocenters. The van der Waals surface area contributed by atoms with Crippen molar-refractivity contribution in [2.75, 3.05) is 53.4 Å². The van der Waals surface area contributed by atoms with Gasteiger partial charge in [0.2, 0.25) is 0 Å². The van der Waals surface area contributed by atoms with Crippen LogP contribution >= 0.6 is 11.6 Å². The first-order valence-corrected chi connectivity index (χ1v) is 9.45. The molecule has 0 radical (unpaired) electrons. The van der Waals surface area contributed by atoms with Crippen molar-refractivity contribution in [1.82, 2.24) is 14.7 Å². The van der Waals surface area contributed by atoms with E-state index in [4.69, 9.17) is 16.3 Å². The number of ether oxygens (including phenoxy) is 1. The second-order valence-electron chi connectivity index (χ2n) is 7.33. The molecule has 0 aromatic heterocycles. The molecule has 0 bridgehead atoms. The smallest absolute Gasteiger partial charge is 0.0829 e. The van der Waals surface area contributed by atoms with Gasteiger partial charge in [-0.3, -0.25) is 4.90 Å². The van der Waals surface area contributed by atoms with Gasteiger partial charge in [-0.1, -0.05) is 23.7 Å². The molecule has 2 aliphatic rings. The molecule has 134 valence electrons. The molecule has 1 aromatic carbocycles. The summed E-state index contributed by atoms with van der Waals surface area (Å²) in [6.07, 6.45) is 2.86. The minimum absolute atomic E-state index is 0.315. The van der Waals surface area contributed by atoms with E-state index in [0.717, 1.165) is 37.8 Å². The predicted octanol–water partition coefficient (Wildman–Crippen LogP) is 2.57. The number of morpholine rings is 1. The van der Waals surface area contributed by atoms with E-state index in [9.17, 15) is 0 Å². The number of likely N-dealkylation sites (N-methyl/N-ethyl adjacent to an activating group) is 1. The van der Waals surface area contributed by atoms with Crippen LogP contribution in [-0.2, 0) is 11.3 Å². The van der Waals surface area contributed by atoms with Gasteiger partial charge in [0.05, 0.1) is 12.7 Å². The number of benzene rings is 1. The maximum atomic E-state index is 6.03. The Kier molecular flexibility index (Phi) is 6.53. The third-order valence-electron chi connectivity index (χ3n) is 5.35. The van der Waals surface area contributed by atoms with Crippen LogP contribution in [0.2, 0.25) is 5.02 Å². The molecule has 3 rings (SSSR count). The van der Waals surface area contributed by atoms with Crippen molar-refractivity contribution in [3.05, 3.63) is 34.9 Å². The first-order valence-electron chi connectivity index (χ1n) is 9.07. The largest absolute Gasteiger partial charge is 0.374 e. The molecule has 2 heterocycles. The summed E-state index contributed by atoms with van der Waals surface area (Å²) in [5.41, 5.74) is 1.32. The van der Waals surface area contributed by atoms with E-state index in [1.165, 1.54) is 31.5 Å². The van der Waals surface area contributed by atoms with Gasteiger partial charge >= 0.3 is 0 Å². The van der Waals surface area contributed by atoms with Gasteiger partial charge in [-0.2, -0.15) is 0 Å². The summed E-state index contributed by atoms with van der Waals surface area (Å²) in [6, 6.07) is 8.90. The topological polar surface area (TPSA) is 19.0 Å². The molecule has 0 spiro atoms. The minimum Gasteiger partial charge on any atom is -0.374 e. The lowest BCUT2D eigenvalue weighted by molar-refractivity contribution is -0.0499. The highest BCUT2D eigenvalue weighted by molar-refractivity contribution is 6.30. The number of piperidine rings is 1. The van der Waals surface area contributed by atoms with Crippen LogP contribution in [0.15, 0.2) is 24.3 Å². The van der Waals surface area contributed by atoms with Gasteiger partial charge in [0.1, 0.15) is 0 Å². The van der Waals surface area contributed by atoms with Gasteiger partial charge in [0, 0.05) is 37.2 Å². The normalized spacial score (nSPS) is 24.6. The monoisotopic (exact) mass is 351 g/mol. The summed E-state index contributed by atoms with van der Waals surface area (Å²) in [5, 5.41) is 0.804. The second kappa shape index (κ2) is 8.63. The Balaban J connectivity index is 1.47. The van der Waals surface area contributed by atoms with E-state index in [2.05, 4.69) is 40.9 Å². The minimum atomic E-state index is 0.315. The summed E-state index contributed by atoms with van der Waals surface area (Å²) >= 11 is 5.98. The number of rotatable bonds is 5. The lowest BCUT2D eigenvalue weighted by Gasteiger charge is -2.39. The quantitative estimate of drug-likeness (QED) is 0.811. The number of likely N-dealkylation sites (tertiary alicyclic amines) is 1. The van der Waals surface area contributed by atoms with Crippen LogP contribution in [0.3, 0.4) is 0 Å². The van der Waals surface area contributed by atoms with Crippen LogP contribution in [0.5, 0.6) is 0 Å². The predicted molar refractivity (Wildman–Crippen MR) is 99.6 cm³/mol. The third-order valence-corrected chi connectivity index (χ3v) is 5.60. The average molecular weight is 352 g/mol. The van der Waals surface area contributed by atoms with E-state index in [1.807, 2.05) is 12.1 Å². The molecular weight excluding hydrogens is 322 g/mol. The molecule has 5 heteroatoms. The molecule has 2 aliphatic heterocycles. The Morgan fingerprint density at radius 3 is 2.58 bits per heavy atom. The van der Waals surface area contributed by atoms with Gasteiger partial charge in [0.25, 0.3) is 0 Å². The molecule has 0 aliphatic carbocycles. The Bertz CT molecular complexity index is 502. The molecule has 4 nitrogen and oxygen atoms in total. The second-order valence-corrected chi connectivity index (χ2v) is 7.76. The van der Waals surface area contributed by atoms with Crippen molar-refractivity contribution in [2.24, 2.45) is 0 Å². The maximum absolute atomic E-state index is 6.03. The van der Waals surface area contributed by atoms with E-state index in [1.54, 1.807) is 0 Å². The number of hydrogen-bond acceptors (Lipinski definition) is 4. The average Bonchev–Trinajstić information content (AvgIpc) is 2.58. The van der Waals surface area contributed by atoms with Crippen molar-refractivity contribution in [3.8, 4) is 0 Å². The molecule has 2 fully saturated rings. The fourth-order valence-electron chi connectivity index (χ4n) is 3.79. The van der Waals surface area contributed by atoms with E-state index >= 15 is 0 Å². The zero-order chi connectivity index (χ0) is 16.9. The first kappa shape index (κ1) is 18.2. The SMILES string of the molecule is CN1CCC(N(C)CC2CN(Cc3ccc(Cl)cc3)CCO2)CC1. The Hall–Kier alpha value is -0.650. The Morgan fingerprint density at radius 1 is 1.17 bits per heavy atom. The molecule has 1 atom stereocenters. The van der Waals surface area contributed by atoms with Crippen LogP contribution < -0.4 is 0 Å². The lowest BCUT2D eigenvalue weighted by atomic mass is 10.0. The van der Waals surface area contributed by atoms with Crippen molar-refractivity contribution < 1.29 is 4.74 Å². The fourth-order valence-corrected chi connectivity index (χ4v) is 3.91. The summed E-state index contributed by atoms with van der Waals surface area (Å²) in [4.78, 5) is 7.44. The number of nitrogens with zero attached hydrogens (tertiary/aromatic N) is 3. The van der Waals surface area contributed by atoms with Gasteiger partial charge in [-0.25, -0.2) is 0 Å². The van der Waals surface area contributed by atoms with E-state index < -0.39 is 0 Å². The van der Waals surface area contributed by atoms with Crippen molar-refractivity contribution in [1.29, 1.82) is 0 Å². The summed E-state index contributed by atoms with van der Waals surface area (Å²) < 4.78 is 6.03. The van der Waals surface area contributed by atoms with Crippen LogP contribution in [-0.4, -0.2) is 80.3 Å². The van der Waals surface area contributed by atoms with Gasteiger partial charge < -0.3 is 14.5 Å². The summed E-state index contributed by atoms with van der Waals surface area (Å²) in [7, 11) is 4.48. The highest BCUT2D eigenvalue weighted by atomic mass is 35.5. The zero-order valence-corrected chi connectivity index (χ0v) is 15.7. The van der Waals surface area contributed by atoms with Crippen molar-refractivity contribution >= 4 is 11.6 Å². The van der Waals surface area contributed by atoms with Crippen LogP contribution in [0, 0.1) is 0 Å². The molecule has 1 aromatic rings. The van der Waals surface area contributed by atoms with Crippen molar-refractivity contribution in [3.63, 3.8) is 0 Å². The van der Waals surface area contributed by atoms with Gasteiger partial charge in [-0.15, -0.1) is 0 Å². The highest BCUT2D eigenvalue weighted by Crippen LogP contribution is 2.17. The summed E-state index contributed by atoms with van der Waals surface area (Å²) in [5.74, 6) is 0. The molecular formula is C19H30ClN3O. The van der Waals surface area contributed by atoms with E-state index in [0.29, 0.717) is 12.1 Å². The van der Waals surface area contributed by atoms with Gasteiger partial charge in [-0.05, 0) is 57.7 Å². The number of hydrogen-bond donors (Lipinski definition) is 0. The van der Waals surface area contributed by atoms with Crippen molar-refractivity contribution in [2.45, 2.75) is 31.5 Å².